The van der Waals surface area contributed by atoms with E-state index in [0.29, 0.717) is 11.1 Å². The number of aromatic nitrogens is 2. The molecule has 0 radical (unpaired) electrons. The molecule has 0 aliphatic rings. The van der Waals surface area contributed by atoms with Gasteiger partial charge in [-0.25, -0.2) is 0 Å². The van der Waals surface area contributed by atoms with Crippen molar-refractivity contribution in [3.8, 4) is 6.07 Å². The Hall–Kier alpha value is -3.84. The van der Waals surface area contributed by atoms with Crippen LogP contribution in [0.3, 0.4) is 0 Å². The maximum atomic E-state index is 11.5. The Kier molecular flexibility index (Phi) is 4.53. The minimum absolute atomic E-state index is 0.108. The first-order chi connectivity index (χ1) is 12.8. The van der Waals surface area contributed by atoms with Crippen LogP contribution in [0.2, 0.25) is 0 Å². The van der Waals surface area contributed by atoms with Crippen molar-refractivity contribution in [1.82, 2.24) is 9.55 Å². The lowest BCUT2D eigenvalue weighted by molar-refractivity contribution is -0.422. The van der Waals surface area contributed by atoms with Crippen LogP contribution in [0.4, 0.5) is 11.4 Å². The summed E-state index contributed by atoms with van der Waals surface area (Å²) in [7, 11) is 0. The number of para-hydroxylation sites is 2. The molecule has 0 atom stereocenters. The fourth-order valence-corrected chi connectivity index (χ4v) is 3.09. The molecule has 0 amide bonds. The molecule has 134 valence electrons. The van der Waals surface area contributed by atoms with Crippen LogP contribution in [0.5, 0.6) is 0 Å². The Bertz CT molecular complexity index is 1230. The number of rotatable bonds is 4. The van der Waals surface area contributed by atoms with Crippen LogP contribution < -0.4 is 0 Å². The number of hydrogen-bond donors (Lipinski definition) is 1. The summed E-state index contributed by atoms with van der Waals surface area (Å²) in [5, 5.41) is 32.4. The van der Waals surface area contributed by atoms with E-state index in [9.17, 15) is 25.5 Å². The fourth-order valence-electron chi connectivity index (χ4n) is 2.83. The molecule has 1 heterocycles. The number of nitrogens with one attached hydrogen (secondary N) is 1. The first-order valence-corrected chi connectivity index (χ1v) is 8.00. The monoisotopic (exact) mass is 381 g/mol. The first kappa shape index (κ1) is 18.0. The maximum Gasteiger partial charge on any atom is 0.354 e. The number of aromatic amines is 1. The molecule has 3 aromatic rings. The van der Waals surface area contributed by atoms with Crippen molar-refractivity contribution >= 4 is 46.4 Å². The lowest BCUT2D eigenvalue weighted by Crippen LogP contribution is -2.03. The van der Waals surface area contributed by atoms with E-state index in [1.165, 1.54) is 16.8 Å². The third-order valence-corrected chi connectivity index (χ3v) is 4.31. The molecule has 3 rings (SSSR count). The highest BCUT2D eigenvalue weighted by Crippen LogP contribution is 2.37. The zero-order valence-electron chi connectivity index (χ0n) is 13.9. The normalized spacial score (nSPS) is 11.3. The van der Waals surface area contributed by atoms with Gasteiger partial charge in [0.25, 0.3) is 0 Å². The number of allylic oxidation sites excluding steroid dienone is 1. The molecular weight excluding hydrogens is 370 g/mol. The third-order valence-electron chi connectivity index (χ3n) is 4.02. The molecule has 0 fully saturated rings. The Balaban J connectivity index is 2.36. The van der Waals surface area contributed by atoms with Gasteiger partial charge in [-0.05, 0) is 36.8 Å². The second kappa shape index (κ2) is 6.81. The van der Waals surface area contributed by atoms with E-state index in [1.807, 2.05) is 12.1 Å². The average molecular weight is 381 g/mol. The van der Waals surface area contributed by atoms with Crippen molar-refractivity contribution in [3.05, 3.63) is 72.5 Å². The summed E-state index contributed by atoms with van der Waals surface area (Å²) in [6.07, 6.45) is 1.35. The number of aryl methyl sites for hydroxylation is 1. The minimum atomic E-state index is -0.847. The van der Waals surface area contributed by atoms with Gasteiger partial charge in [0.05, 0.1) is 32.0 Å². The highest BCUT2D eigenvalue weighted by Gasteiger charge is 2.31. The van der Waals surface area contributed by atoms with Gasteiger partial charge in [-0.15, -0.1) is 0 Å². The molecule has 9 nitrogen and oxygen atoms in total. The van der Waals surface area contributed by atoms with E-state index in [-0.39, 0.29) is 15.9 Å². The van der Waals surface area contributed by atoms with Crippen LogP contribution in [0, 0.1) is 43.3 Å². The Morgan fingerprint density at radius 1 is 1.22 bits per heavy atom. The molecule has 1 aromatic heterocycles. The summed E-state index contributed by atoms with van der Waals surface area (Å²) in [4.78, 5) is 24.0. The summed E-state index contributed by atoms with van der Waals surface area (Å²) in [6, 6.07) is 11.5. The van der Waals surface area contributed by atoms with Crippen LogP contribution in [0.15, 0.2) is 36.4 Å². The van der Waals surface area contributed by atoms with Crippen LogP contribution in [0.1, 0.15) is 11.1 Å². The van der Waals surface area contributed by atoms with Crippen molar-refractivity contribution in [2.75, 3.05) is 0 Å². The molecule has 27 heavy (non-hydrogen) atoms. The standard InChI is InChI=1S/C17H11N5O4S/c1-10-6-7-14(21(23)24)16(22(25)26)15(10)11(8-18)9-20-13-5-3-2-4-12(13)19-17(20)27/h2-7,9H,1H3,(H,19,27)/b11-9+. The van der Waals surface area contributed by atoms with E-state index in [1.54, 1.807) is 25.1 Å². The van der Waals surface area contributed by atoms with Crippen molar-refractivity contribution in [3.63, 3.8) is 0 Å². The van der Waals surface area contributed by atoms with Gasteiger partial charge in [0.15, 0.2) is 4.77 Å². The molecule has 1 N–H and O–H groups in total. The Labute approximate surface area is 157 Å². The highest BCUT2D eigenvalue weighted by molar-refractivity contribution is 7.71. The summed E-state index contributed by atoms with van der Waals surface area (Å²) < 4.78 is 1.79. The number of nitrogens with zero attached hydrogens (tertiary/aromatic N) is 4. The van der Waals surface area contributed by atoms with Crippen molar-refractivity contribution in [2.24, 2.45) is 0 Å². The van der Waals surface area contributed by atoms with Crippen molar-refractivity contribution < 1.29 is 9.85 Å². The zero-order chi connectivity index (χ0) is 19.7. The number of nitro groups is 2. The molecule has 0 aliphatic carbocycles. The number of fused-ring (bicyclic) bond motifs is 1. The predicted octanol–water partition coefficient (Wildman–Crippen LogP) is 4.35. The molecule has 0 bridgehead atoms. The van der Waals surface area contributed by atoms with Crippen LogP contribution in [0.25, 0.3) is 22.8 Å². The average Bonchev–Trinajstić information content (AvgIpc) is 2.94. The predicted molar refractivity (Wildman–Crippen MR) is 101 cm³/mol. The number of nitro benzene ring substituents is 2. The molecule has 2 aromatic carbocycles. The van der Waals surface area contributed by atoms with E-state index in [4.69, 9.17) is 12.2 Å². The molecule has 10 heteroatoms. The topological polar surface area (TPSA) is 131 Å². The van der Waals surface area contributed by atoms with Crippen molar-refractivity contribution in [1.29, 1.82) is 5.26 Å². The SMILES string of the molecule is Cc1ccc([N+](=O)[O-])c([N+](=O)[O-])c1/C(C#N)=C/n1c(=S)[nH]c2ccccc21. The molecule has 0 spiro atoms. The Morgan fingerprint density at radius 3 is 2.56 bits per heavy atom. The third kappa shape index (κ3) is 3.07. The summed E-state index contributed by atoms with van der Waals surface area (Å²) >= 11 is 5.27. The second-order valence-electron chi connectivity index (χ2n) is 5.61. The van der Waals surface area contributed by atoms with Gasteiger partial charge >= 0.3 is 11.4 Å². The van der Waals surface area contributed by atoms with Gasteiger partial charge in [0, 0.05) is 12.3 Å². The highest BCUT2D eigenvalue weighted by atomic mass is 32.1. The lowest BCUT2D eigenvalue weighted by Gasteiger charge is -2.07. The van der Waals surface area contributed by atoms with Gasteiger partial charge in [-0.1, -0.05) is 18.2 Å². The quantitative estimate of drug-likeness (QED) is 0.309. The van der Waals surface area contributed by atoms with E-state index >= 15 is 0 Å². The van der Waals surface area contributed by atoms with Gasteiger partial charge < -0.3 is 4.98 Å². The summed E-state index contributed by atoms with van der Waals surface area (Å²) in [5.41, 5.74) is 0.143. The fraction of sp³-hybridized carbons (Fsp3) is 0.0588. The number of nitriles is 1. The van der Waals surface area contributed by atoms with E-state index < -0.39 is 21.2 Å². The van der Waals surface area contributed by atoms with Gasteiger partial charge in [0.1, 0.15) is 6.07 Å². The lowest BCUT2D eigenvalue weighted by atomic mass is 9.98. The van der Waals surface area contributed by atoms with Crippen molar-refractivity contribution in [2.45, 2.75) is 6.92 Å². The molecule has 0 saturated heterocycles. The number of hydrogen-bond acceptors (Lipinski definition) is 6. The van der Waals surface area contributed by atoms with Gasteiger partial charge in [-0.2, -0.15) is 5.26 Å². The van der Waals surface area contributed by atoms with E-state index in [2.05, 4.69) is 4.98 Å². The maximum absolute atomic E-state index is 11.5. The minimum Gasteiger partial charge on any atom is -0.330 e. The first-order valence-electron chi connectivity index (χ1n) is 7.59. The molecular formula is C17H11N5O4S. The smallest absolute Gasteiger partial charge is 0.330 e. The second-order valence-corrected chi connectivity index (χ2v) is 6.00. The van der Waals surface area contributed by atoms with E-state index in [0.717, 1.165) is 11.6 Å². The largest absolute Gasteiger partial charge is 0.354 e. The summed E-state index contributed by atoms with van der Waals surface area (Å²) in [5.74, 6) is 0. The molecule has 0 unspecified atom stereocenters. The Morgan fingerprint density at radius 2 is 1.93 bits per heavy atom. The van der Waals surface area contributed by atoms with Crippen LogP contribution in [-0.2, 0) is 0 Å². The van der Waals surface area contributed by atoms with Crippen LogP contribution in [-0.4, -0.2) is 19.4 Å². The number of H-pyrrole nitrogens is 1. The van der Waals surface area contributed by atoms with Gasteiger partial charge in [0.2, 0.25) is 0 Å². The van der Waals surface area contributed by atoms with Crippen LogP contribution >= 0.6 is 12.2 Å². The number of benzene rings is 2. The molecule has 0 saturated carbocycles. The summed E-state index contributed by atoms with van der Waals surface area (Å²) in [6.45, 7) is 1.55. The molecule has 0 aliphatic heterocycles. The van der Waals surface area contributed by atoms with Gasteiger partial charge in [-0.3, -0.25) is 24.8 Å². The number of imidazole rings is 1. The zero-order valence-corrected chi connectivity index (χ0v) is 14.7.